The Kier molecular flexibility index (Phi) is 6.94. The number of nitriles is 1. The zero-order valence-electron chi connectivity index (χ0n) is 13.9. The van der Waals surface area contributed by atoms with Gasteiger partial charge in [0.15, 0.2) is 6.61 Å². The zero-order chi connectivity index (χ0) is 18.9. The van der Waals surface area contributed by atoms with Gasteiger partial charge in [0.2, 0.25) is 0 Å². The highest BCUT2D eigenvalue weighted by molar-refractivity contribution is 8.03. The number of ether oxygens (including phenoxy) is 1. The Morgan fingerprint density at radius 2 is 2.08 bits per heavy atom. The summed E-state index contributed by atoms with van der Waals surface area (Å²) in [5.74, 6) is -1.70. The van der Waals surface area contributed by atoms with Crippen molar-refractivity contribution in [1.29, 1.82) is 5.26 Å². The van der Waals surface area contributed by atoms with Crippen molar-refractivity contribution >= 4 is 35.4 Å². The van der Waals surface area contributed by atoms with E-state index in [9.17, 15) is 14.0 Å². The van der Waals surface area contributed by atoms with Crippen molar-refractivity contribution in [3.63, 3.8) is 0 Å². The molecule has 0 radical (unpaired) electrons. The number of thiocyanates is 1. The molecule has 2 aromatic rings. The Morgan fingerprint density at radius 1 is 1.31 bits per heavy atom. The van der Waals surface area contributed by atoms with Crippen molar-refractivity contribution in [2.45, 2.75) is 11.8 Å². The molecule has 5 nitrogen and oxygen atoms in total. The number of hydrogen-bond donors (Lipinski definition) is 1. The van der Waals surface area contributed by atoms with Crippen LogP contribution in [0.5, 0.6) is 0 Å². The van der Waals surface area contributed by atoms with Gasteiger partial charge in [0.05, 0.1) is 0 Å². The number of esters is 1. The van der Waals surface area contributed by atoms with E-state index < -0.39 is 24.3 Å². The lowest BCUT2D eigenvalue weighted by Gasteiger charge is -2.09. The highest BCUT2D eigenvalue weighted by Crippen LogP contribution is 2.23. The number of nitrogens with zero attached hydrogens (tertiary/aromatic N) is 1. The number of carbonyl (C=O) groups is 2. The largest absolute Gasteiger partial charge is 0.452 e. The molecule has 0 saturated carbocycles. The molecule has 132 valence electrons. The van der Waals surface area contributed by atoms with Gasteiger partial charge < -0.3 is 10.1 Å². The summed E-state index contributed by atoms with van der Waals surface area (Å²) in [6.45, 7) is 1.33. The van der Waals surface area contributed by atoms with Crippen LogP contribution in [0.3, 0.4) is 0 Å². The third kappa shape index (κ3) is 5.76. The highest BCUT2D eigenvalue weighted by atomic mass is 32.2. The molecule has 0 fully saturated rings. The van der Waals surface area contributed by atoms with E-state index in [0.717, 1.165) is 28.3 Å². The van der Waals surface area contributed by atoms with Gasteiger partial charge in [-0.3, -0.25) is 4.79 Å². The summed E-state index contributed by atoms with van der Waals surface area (Å²) < 4.78 is 18.3. The van der Waals surface area contributed by atoms with E-state index in [-0.39, 0.29) is 5.56 Å². The predicted octanol–water partition coefficient (Wildman–Crippen LogP) is 3.90. The molecule has 0 heterocycles. The number of benzene rings is 2. The molecule has 0 saturated heterocycles. The van der Waals surface area contributed by atoms with Crippen molar-refractivity contribution in [3.05, 3.63) is 65.5 Å². The molecule has 0 atom stereocenters. The van der Waals surface area contributed by atoms with E-state index in [1.54, 1.807) is 37.3 Å². The fraction of sp³-hybridized carbons (Fsp3) is 0.105. The van der Waals surface area contributed by atoms with Crippen LogP contribution >= 0.6 is 11.8 Å². The first-order chi connectivity index (χ1) is 12.5. The van der Waals surface area contributed by atoms with E-state index >= 15 is 0 Å². The molecule has 1 N–H and O–H groups in total. The maximum Gasteiger partial charge on any atom is 0.331 e. The van der Waals surface area contributed by atoms with Gasteiger partial charge in [0, 0.05) is 22.2 Å². The van der Waals surface area contributed by atoms with Crippen molar-refractivity contribution in [3.8, 4) is 5.40 Å². The van der Waals surface area contributed by atoms with Gasteiger partial charge in [-0.25, -0.2) is 9.18 Å². The Morgan fingerprint density at radius 3 is 2.77 bits per heavy atom. The molecular weight excluding hydrogens is 355 g/mol. The summed E-state index contributed by atoms with van der Waals surface area (Å²) in [5.41, 5.74) is 1.60. The number of rotatable bonds is 6. The van der Waals surface area contributed by atoms with Gasteiger partial charge in [-0.05, 0) is 54.6 Å². The Labute approximate surface area is 154 Å². The number of nitrogens with one attached hydrogen (secondary N) is 1. The lowest BCUT2D eigenvalue weighted by molar-refractivity contribution is -0.142. The number of aryl methyl sites for hydroxylation is 1. The summed E-state index contributed by atoms with van der Waals surface area (Å²) in [4.78, 5) is 24.3. The normalized spacial score (nSPS) is 10.3. The smallest absolute Gasteiger partial charge is 0.331 e. The number of amides is 1. The summed E-state index contributed by atoms with van der Waals surface area (Å²) in [7, 11) is 0. The third-order valence-electron chi connectivity index (χ3n) is 3.29. The Balaban J connectivity index is 1.86. The molecule has 0 spiro atoms. The van der Waals surface area contributed by atoms with E-state index in [4.69, 9.17) is 10.00 Å². The van der Waals surface area contributed by atoms with Crippen molar-refractivity contribution in [2.75, 3.05) is 11.9 Å². The molecule has 2 aromatic carbocycles. The van der Waals surface area contributed by atoms with Gasteiger partial charge in [0.25, 0.3) is 5.91 Å². The molecule has 1 amide bonds. The fourth-order valence-corrected chi connectivity index (χ4v) is 2.51. The quantitative estimate of drug-likeness (QED) is 0.361. The van der Waals surface area contributed by atoms with E-state index in [1.165, 1.54) is 18.2 Å². The standard InChI is InChI=1S/C19H15FN2O3S/c1-13-10-15(26-12-21)7-8-17(13)22-18(23)11-25-19(24)9-6-14-4-2-3-5-16(14)20/h2-10H,11H2,1H3,(H,22,23)/b9-6+. The first kappa shape index (κ1) is 19.2. The van der Waals surface area contributed by atoms with Crippen LogP contribution in [0.2, 0.25) is 0 Å². The zero-order valence-corrected chi connectivity index (χ0v) is 14.7. The van der Waals surface area contributed by atoms with Crippen LogP contribution in [-0.4, -0.2) is 18.5 Å². The van der Waals surface area contributed by atoms with Gasteiger partial charge in [0.1, 0.15) is 11.2 Å². The summed E-state index contributed by atoms with van der Waals surface area (Å²) >= 11 is 1.02. The fourth-order valence-electron chi connectivity index (χ4n) is 2.03. The number of hydrogen-bond acceptors (Lipinski definition) is 5. The van der Waals surface area contributed by atoms with Crippen LogP contribution in [0.15, 0.2) is 53.4 Å². The first-order valence-corrected chi connectivity index (χ1v) is 8.37. The molecule has 0 aliphatic heterocycles. The van der Waals surface area contributed by atoms with Gasteiger partial charge in [-0.15, -0.1) is 0 Å². The van der Waals surface area contributed by atoms with Crippen molar-refractivity contribution in [1.82, 2.24) is 0 Å². The molecule has 2 rings (SSSR count). The first-order valence-electron chi connectivity index (χ1n) is 7.55. The monoisotopic (exact) mass is 370 g/mol. The van der Waals surface area contributed by atoms with E-state index in [2.05, 4.69) is 5.32 Å². The van der Waals surface area contributed by atoms with Gasteiger partial charge in [-0.1, -0.05) is 18.2 Å². The summed E-state index contributed by atoms with van der Waals surface area (Å²) in [6.07, 6.45) is 2.34. The van der Waals surface area contributed by atoms with E-state index in [1.807, 2.05) is 5.40 Å². The van der Waals surface area contributed by atoms with Crippen LogP contribution in [0.1, 0.15) is 11.1 Å². The van der Waals surface area contributed by atoms with Crippen LogP contribution in [0.4, 0.5) is 10.1 Å². The SMILES string of the molecule is Cc1cc(SC#N)ccc1NC(=O)COC(=O)/C=C/c1ccccc1F. The number of anilines is 1. The molecular formula is C19H15FN2O3S. The Hall–Kier alpha value is -3.11. The molecule has 0 bridgehead atoms. The second kappa shape index (κ2) is 9.39. The maximum absolute atomic E-state index is 13.4. The lowest BCUT2D eigenvalue weighted by Crippen LogP contribution is -2.20. The second-order valence-electron chi connectivity index (χ2n) is 5.18. The molecule has 0 unspecified atom stereocenters. The highest BCUT2D eigenvalue weighted by Gasteiger charge is 2.08. The summed E-state index contributed by atoms with van der Waals surface area (Å²) in [5, 5.41) is 13.2. The molecule has 7 heteroatoms. The second-order valence-corrected chi connectivity index (χ2v) is 6.04. The minimum atomic E-state index is -0.749. The minimum Gasteiger partial charge on any atom is -0.452 e. The van der Waals surface area contributed by atoms with Crippen LogP contribution in [0.25, 0.3) is 6.08 Å². The molecule has 0 aromatic heterocycles. The molecule has 0 aliphatic carbocycles. The lowest BCUT2D eigenvalue weighted by atomic mass is 10.2. The summed E-state index contributed by atoms with van der Waals surface area (Å²) in [6, 6.07) is 11.1. The number of thioether (sulfide) groups is 1. The predicted molar refractivity (Wildman–Crippen MR) is 97.7 cm³/mol. The average molecular weight is 370 g/mol. The van der Waals surface area contributed by atoms with Crippen LogP contribution in [-0.2, 0) is 14.3 Å². The maximum atomic E-state index is 13.4. The topological polar surface area (TPSA) is 79.2 Å². The molecule has 26 heavy (non-hydrogen) atoms. The third-order valence-corrected chi connectivity index (χ3v) is 3.87. The number of halogens is 1. The van der Waals surface area contributed by atoms with Gasteiger partial charge in [-0.2, -0.15) is 5.26 Å². The molecule has 0 aliphatic rings. The van der Waals surface area contributed by atoms with Crippen molar-refractivity contribution in [2.24, 2.45) is 0 Å². The van der Waals surface area contributed by atoms with Crippen LogP contribution < -0.4 is 5.32 Å². The van der Waals surface area contributed by atoms with Crippen LogP contribution in [0, 0.1) is 23.4 Å². The Bertz CT molecular complexity index is 891. The number of carbonyl (C=O) groups excluding carboxylic acids is 2. The minimum absolute atomic E-state index is 0.250. The van der Waals surface area contributed by atoms with E-state index in [0.29, 0.717) is 5.69 Å². The van der Waals surface area contributed by atoms with Crippen molar-refractivity contribution < 1.29 is 18.7 Å². The van der Waals surface area contributed by atoms with Gasteiger partial charge >= 0.3 is 5.97 Å². The average Bonchev–Trinajstić information content (AvgIpc) is 2.62.